The highest BCUT2D eigenvalue weighted by Crippen LogP contribution is 2.50. The second-order valence-electron chi connectivity index (χ2n) is 12.5. The highest BCUT2D eigenvalue weighted by atomic mass is 127. The molecule has 248 valence electrons. The van der Waals surface area contributed by atoms with E-state index >= 15 is 0 Å². The van der Waals surface area contributed by atoms with Gasteiger partial charge in [0, 0.05) is 37.1 Å². The van der Waals surface area contributed by atoms with Gasteiger partial charge in [-0.15, -0.1) is 0 Å². The lowest BCUT2D eigenvalue weighted by Gasteiger charge is -2.41. The van der Waals surface area contributed by atoms with Gasteiger partial charge in [-0.25, -0.2) is 0 Å². The van der Waals surface area contributed by atoms with Crippen LogP contribution in [0.1, 0.15) is 54.4 Å². The summed E-state index contributed by atoms with van der Waals surface area (Å²) >= 11 is 2.04. The van der Waals surface area contributed by atoms with Crippen LogP contribution in [0, 0.1) is 21.3 Å². The Morgan fingerprint density at radius 1 is 1.13 bits per heavy atom. The predicted molar refractivity (Wildman–Crippen MR) is 180 cm³/mol. The van der Waals surface area contributed by atoms with Crippen LogP contribution in [-0.2, 0) is 16.0 Å². The molecule has 11 heteroatoms. The summed E-state index contributed by atoms with van der Waals surface area (Å²) < 4.78 is 17.9. The predicted octanol–water partition coefficient (Wildman–Crippen LogP) is 3.93. The zero-order valence-corrected chi connectivity index (χ0v) is 28.5. The third-order valence-electron chi connectivity index (χ3n) is 9.67. The smallest absolute Gasteiger partial charge is 0.247 e. The van der Waals surface area contributed by atoms with E-state index < -0.39 is 24.2 Å². The molecule has 0 heterocycles. The van der Waals surface area contributed by atoms with Crippen molar-refractivity contribution in [2.24, 2.45) is 17.8 Å². The lowest BCUT2D eigenvalue weighted by Crippen LogP contribution is -2.55. The van der Waals surface area contributed by atoms with Crippen LogP contribution in [-0.4, -0.2) is 85.4 Å². The van der Waals surface area contributed by atoms with Crippen LogP contribution in [0.5, 0.6) is 17.2 Å². The molecule has 10 nitrogen and oxygen atoms in total. The van der Waals surface area contributed by atoms with Gasteiger partial charge >= 0.3 is 0 Å². The van der Waals surface area contributed by atoms with Gasteiger partial charge in [-0.2, -0.15) is 0 Å². The lowest BCUT2D eigenvalue weighted by atomic mass is 9.84. The van der Waals surface area contributed by atoms with Crippen LogP contribution in [0.2, 0.25) is 0 Å². The molecule has 6 unspecified atom stereocenters. The number of halogens is 1. The van der Waals surface area contributed by atoms with Crippen molar-refractivity contribution in [1.82, 2.24) is 10.2 Å². The average molecular weight is 747 g/mol. The minimum Gasteiger partial charge on any atom is -0.497 e. The quantitative estimate of drug-likeness (QED) is 0.196. The molecule has 0 spiro atoms. The Morgan fingerprint density at radius 3 is 2.63 bits per heavy atom. The maximum atomic E-state index is 14.2. The fourth-order valence-corrected chi connectivity index (χ4v) is 8.11. The summed E-state index contributed by atoms with van der Waals surface area (Å²) in [7, 11) is 3.08. The van der Waals surface area contributed by atoms with Crippen molar-refractivity contribution in [3.05, 3.63) is 62.7 Å². The summed E-state index contributed by atoms with van der Waals surface area (Å²) in [5.41, 5.74) is 1.75. The maximum absolute atomic E-state index is 14.2. The zero-order chi connectivity index (χ0) is 32.8. The molecule has 0 aromatic heterocycles. The minimum absolute atomic E-state index is 0.0391. The Kier molecular flexibility index (Phi) is 11.6. The molecule has 5 rings (SSSR count). The van der Waals surface area contributed by atoms with E-state index in [2.05, 4.69) is 5.32 Å². The van der Waals surface area contributed by atoms with E-state index in [1.54, 1.807) is 30.2 Å². The Hall–Kier alpha value is -3.16. The number of ether oxygens (including phenoxy) is 3. The van der Waals surface area contributed by atoms with Gasteiger partial charge in [0.25, 0.3) is 0 Å². The highest BCUT2D eigenvalue weighted by molar-refractivity contribution is 14.1. The van der Waals surface area contributed by atoms with Gasteiger partial charge in [-0.1, -0.05) is 18.6 Å². The van der Waals surface area contributed by atoms with Crippen molar-refractivity contribution in [2.45, 2.75) is 63.2 Å². The number of aliphatic hydroxyl groups excluding tert-OH is 2. The number of methoxy groups -OCH3 is 2. The Balaban J connectivity index is 1.47. The number of nitrogens with one attached hydrogen (secondary N) is 1. The van der Waals surface area contributed by atoms with E-state index in [1.807, 2.05) is 46.9 Å². The van der Waals surface area contributed by atoms with Crippen LogP contribution in [0.25, 0.3) is 0 Å². The molecule has 0 aliphatic heterocycles. The van der Waals surface area contributed by atoms with Crippen LogP contribution >= 0.6 is 22.6 Å². The normalized spacial score (nSPS) is 25.0. The number of amides is 2. The SMILES string of the molecule is COc1cccc(CCN(C(=O)CC2CC3CCC2C3)C2CC(C(=O)NCCO)=CC(Oc3c(I)cc(C=O)cc3OC)C2O)c1. The number of carbonyl (C=O) groups excluding carboxylic acids is 3. The van der Waals surface area contributed by atoms with E-state index in [9.17, 15) is 24.6 Å². The first-order valence-corrected chi connectivity index (χ1v) is 17.0. The number of hydrogen-bond donors (Lipinski definition) is 3. The summed E-state index contributed by atoms with van der Waals surface area (Å²) in [6.45, 7) is 0.177. The molecule has 0 saturated heterocycles. The minimum atomic E-state index is -1.17. The molecular weight excluding hydrogens is 703 g/mol. The van der Waals surface area contributed by atoms with Crippen LogP contribution < -0.4 is 19.5 Å². The summed E-state index contributed by atoms with van der Waals surface area (Å²) in [5.74, 6) is 2.49. The molecule has 46 heavy (non-hydrogen) atoms. The molecule has 2 fully saturated rings. The van der Waals surface area contributed by atoms with E-state index in [4.69, 9.17) is 14.2 Å². The number of rotatable bonds is 14. The number of hydrogen-bond acceptors (Lipinski definition) is 8. The summed E-state index contributed by atoms with van der Waals surface area (Å²) in [4.78, 5) is 40.7. The van der Waals surface area contributed by atoms with Crippen molar-refractivity contribution in [2.75, 3.05) is 33.9 Å². The van der Waals surface area contributed by atoms with Gasteiger partial charge in [0.05, 0.1) is 30.4 Å². The first-order valence-electron chi connectivity index (χ1n) is 15.9. The first-order chi connectivity index (χ1) is 22.2. The number of nitrogens with zero attached hydrogens (tertiary/aromatic N) is 1. The third-order valence-corrected chi connectivity index (χ3v) is 10.5. The van der Waals surface area contributed by atoms with E-state index in [0.717, 1.165) is 24.2 Å². The monoisotopic (exact) mass is 746 g/mol. The number of aliphatic hydroxyl groups is 2. The largest absolute Gasteiger partial charge is 0.497 e. The third kappa shape index (κ3) is 7.86. The van der Waals surface area contributed by atoms with Gasteiger partial charge in [0.1, 0.15) is 24.2 Å². The average Bonchev–Trinajstić information content (AvgIpc) is 3.69. The Labute approximate surface area is 283 Å². The van der Waals surface area contributed by atoms with Crippen LogP contribution in [0.4, 0.5) is 0 Å². The molecule has 3 aliphatic rings. The second-order valence-corrected chi connectivity index (χ2v) is 13.7. The van der Waals surface area contributed by atoms with Crippen molar-refractivity contribution < 1.29 is 38.8 Å². The van der Waals surface area contributed by atoms with Gasteiger partial charge in [-0.05, 0) is 102 Å². The van der Waals surface area contributed by atoms with Gasteiger partial charge < -0.3 is 34.6 Å². The molecule has 2 saturated carbocycles. The number of benzene rings is 2. The molecule has 3 N–H and O–H groups in total. The topological polar surface area (TPSA) is 135 Å². The van der Waals surface area contributed by atoms with E-state index in [-0.39, 0.29) is 25.5 Å². The fraction of sp³-hybridized carbons (Fsp3) is 0.514. The molecule has 6 atom stereocenters. The van der Waals surface area contributed by atoms with Crippen molar-refractivity contribution in [3.63, 3.8) is 0 Å². The molecule has 2 aromatic rings. The van der Waals surface area contributed by atoms with E-state index in [1.165, 1.54) is 20.0 Å². The van der Waals surface area contributed by atoms with Crippen LogP contribution in [0.3, 0.4) is 0 Å². The number of fused-ring (bicyclic) bond motifs is 2. The molecule has 2 aromatic carbocycles. The molecule has 2 amide bonds. The molecule has 2 bridgehead atoms. The van der Waals surface area contributed by atoms with Crippen LogP contribution in [0.15, 0.2) is 48.0 Å². The van der Waals surface area contributed by atoms with E-state index in [0.29, 0.717) is 69.6 Å². The lowest BCUT2D eigenvalue weighted by molar-refractivity contribution is -0.140. The first kappa shape index (κ1) is 34.2. The molecule has 0 radical (unpaired) electrons. The van der Waals surface area contributed by atoms with Crippen molar-refractivity contribution in [1.29, 1.82) is 0 Å². The zero-order valence-electron chi connectivity index (χ0n) is 26.3. The Morgan fingerprint density at radius 2 is 1.96 bits per heavy atom. The molecule has 3 aliphatic carbocycles. The molecular formula is C35H43IN2O8. The van der Waals surface area contributed by atoms with Gasteiger partial charge in [-0.3, -0.25) is 14.4 Å². The van der Waals surface area contributed by atoms with Crippen molar-refractivity contribution in [3.8, 4) is 17.2 Å². The summed E-state index contributed by atoms with van der Waals surface area (Å²) in [6.07, 6.45) is 5.82. The summed E-state index contributed by atoms with van der Waals surface area (Å²) in [6, 6.07) is 10.1. The second kappa shape index (κ2) is 15.6. The number of carbonyl (C=O) groups is 3. The Bertz CT molecular complexity index is 1450. The maximum Gasteiger partial charge on any atom is 0.247 e. The van der Waals surface area contributed by atoms with Gasteiger partial charge in [0.2, 0.25) is 11.8 Å². The fourth-order valence-electron chi connectivity index (χ4n) is 7.36. The van der Waals surface area contributed by atoms with Gasteiger partial charge in [0.15, 0.2) is 11.5 Å². The standard InChI is InChI=1S/C35H43IN2O8/c1-44-27-5-3-4-21(14-27)8-10-38(32(41)19-25-13-22-6-7-24(25)12-22)29-17-26(35(43)37-9-11-39)18-30(33(29)42)46-34-28(36)15-23(20-40)16-31(34)45-2/h3-5,14-16,18,20,22,24-25,29-30,33,39,42H,6-13,17,19H2,1-2H3,(H,37,43). The van der Waals surface area contributed by atoms with Crippen molar-refractivity contribution >= 4 is 40.7 Å². The number of aldehydes is 1. The highest BCUT2D eigenvalue weighted by Gasteiger charge is 2.44. The summed E-state index contributed by atoms with van der Waals surface area (Å²) in [5, 5.41) is 24.0.